The normalized spacial score (nSPS) is 13.6. The highest BCUT2D eigenvalue weighted by molar-refractivity contribution is 5.22. The van der Waals surface area contributed by atoms with Crippen molar-refractivity contribution < 1.29 is 0 Å². The van der Waals surface area contributed by atoms with E-state index in [0.717, 1.165) is 5.70 Å². The maximum absolute atomic E-state index is 2.89. The first kappa shape index (κ1) is 4.05. The van der Waals surface area contributed by atoms with E-state index < -0.39 is 0 Å². The molecule has 1 N–H and O–H groups in total. The van der Waals surface area contributed by atoms with Crippen molar-refractivity contribution in [1.82, 2.24) is 5.32 Å². The zero-order valence-corrected chi connectivity index (χ0v) is 4.08. The molecule has 1 heteroatoms. The molecule has 0 aromatic heterocycles. The Balaban J connectivity index is 2.90. The van der Waals surface area contributed by atoms with Crippen molar-refractivity contribution in [2.75, 3.05) is 0 Å². The predicted molar refractivity (Wildman–Crippen MR) is 28.2 cm³/mol. The highest BCUT2D eigenvalue weighted by atomic mass is 14.8. The summed E-state index contributed by atoms with van der Waals surface area (Å²) in [5.74, 6) is 2.70. The third kappa shape index (κ3) is 0.855. The lowest BCUT2D eigenvalue weighted by atomic mass is 10.4. The first-order valence-electron chi connectivity index (χ1n) is 2.08. The fourth-order valence-electron chi connectivity index (χ4n) is 0.346. The molecule has 0 aromatic carbocycles. The summed E-state index contributed by atoms with van der Waals surface area (Å²) in [6.07, 6.45) is 1.70. The van der Waals surface area contributed by atoms with Gasteiger partial charge in [0.1, 0.15) is 0 Å². The lowest BCUT2D eigenvalue weighted by Crippen LogP contribution is -2.01. The molecule has 0 unspecified atom stereocenters. The summed E-state index contributed by atoms with van der Waals surface area (Å²) in [6, 6.07) is 2.68. The molecule has 0 aromatic rings. The number of hydrogen-bond acceptors (Lipinski definition) is 1. The van der Waals surface area contributed by atoms with Gasteiger partial charge >= 0.3 is 0 Å². The molecule has 0 radical (unpaired) electrons. The van der Waals surface area contributed by atoms with Gasteiger partial charge in [0, 0.05) is 12.1 Å². The molecule has 0 fully saturated rings. The maximum atomic E-state index is 2.89. The highest BCUT2D eigenvalue weighted by Gasteiger charge is 1.78. The molecule has 0 saturated carbocycles. The minimum absolute atomic E-state index is 0.985. The maximum Gasteiger partial charge on any atom is 0.0629 e. The summed E-state index contributed by atoms with van der Waals surface area (Å²) >= 11 is 0. The van der Waals surface area contributed by atoms with Gasteiger partial charge in [-0.25, -0.2) is 0 Å². The van der Waals surface area contributed by atoms with Crippen LogP contribution in [0.2, 0.25) is 0 Å². The van der Waals surface area contributed by atoms with Crippen LogP contribution < -0.4 is 5.32 Å². The first-order chi connectivity index (χ1) is 3.39. The van der Waals surface area contributed by atoms with Gasteiger partial charge in [0.25, 0.3) is 0 Å². The van der Waals surface area contributed by atoms with Crippen LogP contribution in [0, 0.1) is 12.0 Å². The third-order valence-corrected chi connectivity index (χ3v) is 0.683. The van der Waals surface area contributed by atoms with Crippen molar-refractivity contribution in [3.8, 4) is 12.0 Å². The van der Waals surface area contributed by atoms with Crippen molar-refractivity contribution in [3.63, 3.8) is 0 Å². The second-order valence-electron chi connectivity index (χ2n) is 1.31. The quantitative estimate of drug-likeness (QED) is 0.340. The Morgan fingerprint density at radius 1 is 1.71 bits per heavy atom. The summed E-state index contributed by atoms with van der Waals surface area (Å²) in [5, 5.41) is 2.80. The molecule has 1 rings (SSSR count). The summed E-state index contributed by atoms with van der Waals surface area (Å²) in [5.41, 5.74) is 3.87. The Bertz CT molecular complexity index is 184. The summed E-state index contributed by atoms with van der Waals surface area (Å²) < 4.78 is 0. The standard InChI is InChI=1S/C6H5N/c1-6-4-2-3-5-7-6/h2,7H,1H3. The average Bonchev–Trinajstić information content (AvgIpc) is 1.69. The molecule has 0 atom stereocenters. The van der Waals surface area contributed by atoms with E-state index in [0.29, 0.717) is 0 Å². The van der Waals surface area contributed by atoms with Gasteiger partial charge in [0.05, 0.1) is 5.70 Å². The molecule has 0 saturated heterocycles. The molecular formula is C6H5N. The smallest absolute Gasteiger partial charge is 0.0629 e. The SMILES string of the molecule is CC1=C=CC#CN1. The van der Waals surface area contributed by atoms with Crippen LogP contribution in [0.5, 0.6) is 0 Å². The Labute approximate surface area is 42.7 Å². The fraction of sp³-hybridized carbons (Fsp3) is 0.167. The van der Waals surface area contributed by atoms with E-state index in [1.54, 1.807) is 6.08 Å². The van der Waals surface area contributed by atoms with E-state index >= 15 is 0 Å². The monoisotopic (exact) mass is 91.0 g/mol. The van der Waals surface area contributed by atoms with Gasteiger partial charge in [-0.1, -0.05) is 5.73 Å². The van der Waals surface area contributed by atoms with Crippen molar-refractivity contribution in [3.05, 3.63) is 17.5 Å². The van der Waals surface area contributed by atoms with Gasteiger partial charge in [-0.2, -0.15) is 0 Å². The summed E-state index contributed by atoms with van der Waals surface area (Å²) in [6.45, 7) is 1.92. The largest absolute Gasteiger partial charge is 0.312 e. The molecule has 1 heterocycles. The van der Waals surface area contributed by atoms with Gasteiger partial charge in [0.2, 0.25) is 0 Å². The summed E-state index contributed by atoms with van der Waals surface area (Å²) in [7, 11) is 0. The Morgan fingerprint density at radius 3 is 2.86 bits per heavy atom. The Kier molecular flexibility index (Phi) is 0.898. The first-order valence-corrected chi connectivity index (χ1v) is 2.08. The zero-order valence-electron chi connectivity index (χ0n) is 4.08. The fourth-order valence-corrected chi connectivity index (χ4v) is 0.346. The van der Waals surface area contributed by atoms with Crippen molar-refractivity contribution >= 4 is 0 Å². The molecule has 0 spiro atoms. The Hall–Kier alpha value is -1.12. The molecule has 1 nitrogen and oxygen atoms in total. The molecule has 1 aliphatic rings. The van der Waals surface area contributed by atoms with Crippen molar-refractivity contribution in [2.24, 2.45) is 0 Å². The molecule has 0 aliphatic carbocycles. The van der Waals surface area contributed by atoms with Crippen molar-refractivity contribution in [2.45, 2.75) is 6.92 Å². The topological polar surface area (TPSA) is 12.0 Å². The number of nitrogens with one attached hydrogen (secondary N) is 1. The van der Waals surface area contributed by atoms with Crippen LogP contribution in [0.4, 0.5) is 0 Å². The van der Waals surface area contributed by atoms with Crippen LogP contribution in [-0.2, 0) is 0 Å². The molecular weight excluding hydrogens is 86.1 g/mol. The number of allylic oxidation sites excluding steroid dienone is 1. The highest BCUT2D eigenvalue weighted by Crippen LogP contribution is 1.81. The zero-order chi connectivity index (χ0) is 5.11. The van der Waals surface area contributed by atoms with E-state index in [4.69, 9.17) is 0 Å². The minimum atomic E-state index is 0.985. The number of rotatable bonds is 0. The van der Waals surface area contributed by atoms with Crippen LogP contribution in [0.25, 0.3) is 0 Å². The average molecular weight is 91.1 g/mol. The summed E-state index contributed by atoms with van der Waals surface area (Å²) in [4.78, 5) is 0. The van der Waals surface area contributed by atoms with Gasteiger partial charge in [-0.05, 0) is 12.8 Å². The van der Waals surface area contributed by atoms with E-state index in [1.807, 2.05) is 6.92 Å². The van der Waals surface area contributed by atoms with Gasteiger partial charge in [-0.3, -0.25) is 0 Å². The lowest BCUT2D eigenvalue weighted by Gasteiger charge is -1.91. The van der Waals surface area contributed by atoms with E-state index in [1.165, 1.54) is 0 Å². The van der Waals surface area contributed by atoms with Crippen LogP contribution in [0.1, 0.15) is 6.92 Å². The molecule has 7 heavy (non-hydrogen) atoms. The Morgan fingerprint density at radius 2 is 2.57 bits per heavy atom. The molecule has 1 aliphatic heterocycles. The minimum Gasteiger partial charge on any atom is -0.312 e. The van der Waals surface area contributed by atoms with Crippen molar-refractivity contribution in [1.29, 1.82) is 0 Å². The van der Waals surface area contributed by atoms with Crippen LogP contribution >= 0.6 is 0 Å². The molecule has 34 valence electrons. The molecule has 0 bridgehead atoms. The van der Waals surface area contributed by atoms with Gasteiger partial charge in [0.15, 0.2) is 0 Å². The van der Waals surface area contributed by atoms with E-state index in [-0.39, 0.29) is 0 Å². The predicted octanol–water partition coefficient (Wildman–Crippen LogP) is 0.609. The molecule has 0 amide bonds. The van der Waals surface area contributed by atoms with Crippen LogP contribution in [0.15, 0.2) is 17.5 Å². The van der Waals surface area contributed by atoms with Gasteiger partial charge in [-0.15, -0.1) is 0 Å². The van der Waals surface area contributed by atoms with E-state index in [2.05, 4.69) is 23.0 Å². The second-order valence-corrected chi connectivity index (χ2v) is 1.31. The van der Waals surface area contributed by atoms with Crippen LogP contribution in [0.3, 0.4) is 0 Å². The van der Waals surface area contributed by atoms with Crippen LogP contribution in [-0.4, -0.2) is 0 Å². The second kappa shape index (κ2) is 1.55. The third-order valence-electron chi connectivity index (χ3n) is 0.683. The van der Waals surface area contributed by atoms with E-state index in [9.17, 15) is 0 Å². The lowest BCUT2D eigenvalue weighted by molar-refractivity contribution is 1.10. The number of hydrogen-bond donors (Lipinski definition) is 1. The van der Waals surface area contributed by atoms with Gasteiger partial charge < -0.3 is 5.32 Å².